The normalized spacial score (nSPS) is 16.3. The molecular formula is C16H22N4O3S. The zero-order valence-electron chi connectivity index (χ0n) is 14.1. The Kier molecular flexibility index (Phi) is 4.71. The molecule has 1 saturated heterocycles. The number of nitrogens with zero attached hydrogens (tertiary/aromatic N) is 3. The second-order valence-corrected chi connectivity index (χ2v) is 7.51. The fraction of sp³-hybridized carbons (Fsp3) is 0.562. The highest BCUT2D eigenvalue weighted by atomic mass is 32.1. The second-order valence-electron chi connectivity index (χ2n) is 6.51. The summed E-state index contributed by atoms with van der Waals surface area (Å²) in [6.07, 6.45) is 0.874. The topological polar surface area (TPSA) is 89.5 Å². The van der Waals surface area contributed by atoms with Crippen molar-refractivity contribution in [2.75, 3.05) is 27.2 Å². The van der Waals surface area contributed by atoms with Crippen LogP contribution in [-0.2, 0) is 6.54 Å². The lowest BCUT2D eigenvalue weighted by atomic mass is 10.1. The summed E-state index contributed by atoms with van der Waals surface area (Å²) in [4.78, 5) is 37.3. The Morgan fingerprint density at radius 1 is 1.42 bits per heavy atom. The van der Waals surface area contributed by atoms with Crippen molar-refractivity contribution in [3.63, 3.8) is 0 Å². The number of aliphatic hydroxyl groups excluding tert-OH is 1. The second kappa shape index (κ2) is 6.62. The first-order valence-electron chi connectivity index (χ1n) is 8.01. The van der Waals surface area contributed by atoms with Crippen LogP contribution in [0.3, 0.4) is 0 Å². The predicted octanol–water partition coefficient (Wildman–Crippen LogP) is 0.952. The Bertz CT molecular complexity index is 819. The molecule has 0 saturated carbocycles. The molecule has 130 valence electrons. The molecule has 2 aromatic heterocycles. The number of piperidine rings is 1. The first kappa shape index (κ1) is 17.1. The third kappa shape index (κ3) is 3.22. The Balaban J connectivity index is 1.97. The SMILES string of the molecule is Cc1c(C(=O)N2CCC(O)CC2)sc2nc(CN(C)C)[nH]c(=O)c12. The van der Waals surface area contributed by atoms with Gasteiger partial charge in [0.15, 0.2) is 0 Å². The molecule has 2 aromatic rings. The zero-order valence-corrected chi connectivity index (χ0v) is 14.9. The molecular weight excluding hydrogens is 328 g/mol. The third-order valence-corrected chi connectivity index (χ3v) is 5.44. The number of aromatic nitrogens is 2. The molecule has 3 rings (SSSR count). The van der Waals surface area contributed by atoms with Crippen LogP contribution in [0.1, 0.15) is 33.9 Å². The van der Waals surface area contributed by atoms with Crippen molar-refractivity contribution in [2.45, 2.75) is 32.4 Å². The predicted molar refractivity (Wildman–Crippen MR) is 93.5 cm³/mol. The number of hydrogen-bond acceptors (Lipinski definition) is 6. The number of H-pyrrole nitrogens is 1. The van der Waals surface area contributed by atoms with Crippen LogP contribution in [0.15, 0.2) is 4.79 Å². The highest BCUT2D eigenvalue weighted by Crippen LogP contribution is 2.29. The molecule has 24 heavy (non-hydrogen) atoms. The van der Waals surface area contributed by atoms with Crippen LogP contribution in [0.25, 0.3) is 10.2 Å². The summed E-state index contributed by atoms with van der Waals surface area (Å²) in [6.45, 7) is 3.43. The molecule has 0 bridgehead atoms. The van der Waals surface area contributed by atoms with Crippen molar-refractivity contribution in [2.24, 2.45) is 0 Å². The van der Waals surface area contributed by atoms with Crippen molar-refractivity contribution >= 4 is 27.5 Å². The highest BCUT2D eigenvalue weighted by Gasteiger charge is 2.26. The van der Waals surface area contributed by atoms with Gasteiger partial charge in [-0.05, 0) is 39.4 Å². The summed E-state index contributed by atoms with van der Waals surface area (Å²) < 4.78 is 0. The molecule has 7 nitrogen and oxygen atoms in total. The summed E-state index contributed by atoms with van der Waals surface area (Å²) in [6, 6.07) is 0. The van der Waals surface area contributed by atoms with E-state index in [0.29, 0.717) is 59.0 Å². The van der Waals surface area contributed by atoms with Gasteiger partial charge in [0, 0.05) is 13.1 Å². The largest absolute Gasteiger partial charge is 0.393 e. The minimum atomic E-state index is -0.323. The molecule has 0 aromatic carbocycles. The molecule has 1 amide bonds. The molecule has 1 aliphatic heterocycles. The van der Waals surface area contributed by atoms with E-state index in [4.69, 9.17) is 0 Å². The fourth-order valence-corrected chi connectivity index (χ4v) is 4.15. The number of rotatable bonds is 3. The van der Waals surface area contributed by atoms with Gasteiger partial charge in [-0.2, -0.15) is 0 Å². The number of aromatic amines is 1. The minimum Gasteiger partial charge on any atom is -0.393 e. The first-order chi connectivity index (χ1) is 11.4. The molecule has 0 atom stereocenters. The van der Waals surface area contributed by atoms with Gasteiger partial charge in [0.05, 0.1) is 22.9 Å². The van der Waals surface area contributed by atoms with Gasteiger partial charge in [-0.25, -0.2) is 4.98 Å². The molecule has 0 radical (unpaired) electrons. The lowest BCUT2D eigenvalue weighted by Gasteiger charge is -2.29. The van der Waals surface area contributed by atoms with E-state index in [1.165, 1.54) is 11.3 Å². The fourth-order valence-electron chi connectivity index (χ4n) is 2.98. The molecule has 1 aliphatic rings. The number of carbonyl (C=O) groups is 1. The lowest BCUT2D eigenvalue weighted by molar-refractivity contribution is 0.0550. The van der Waals surface area contributed by atoms with E-state index in [2.05, 4.69) is 9.97 Å². The Morgan fingerprint density at radius 3 is 2.71 bits per heavy atom. The van der Waals surface area contributed by atoms with E-state index in [-0.39, 0.29) is 17.6 Å². The smallest absolute Gasteiger partial charge is 0.264 e. The van der Waals surface area contributed by atoms with Gasteiger partial charge in [0.25, 0.3) is 11.5 Å². The van der Waals surface area contributed by atoms with Crippen molar-refractivity contribution in [1.29, 1.82) is 0 Å². The number of fused-ring (bicyclic) bond motifs is 1. The minimum absolute atomic E-state index is 0.0732. The molecule has 0 aliphatic carbocycles. The van der Waals surface area contributed by atoms with Crippen LogP contribution >= 0.6 is 11.3 Å². The Morgan fingerprint density at radius 2 is 2.08 bits per heavy atom. The third-order valence-electron chi connectivity index (χ3n) is 4.26. The summed E-state index contributed by atoms with van der Waals surface area (Å²) in [7, 11) is 3.81. The maximum absolute atomic E-state index is 12.8. The maximum atomic E-state index is 12.8. The van der Waals surface area contributed by atoms with Gasteiger partial charge in [0.2, 0.25) is 0 Å². The van der Waals surface area contributed by atoms with Gasteiger partial charge in [-0.3, -0.25) is 9.59 Å². The number of hydrogen-bond donors (Lipinski definition) is 2. The molecule has 2 N–H and O–H groups in total. The number of aryl methyl sites for hydroxylation is 1. The number of carbonyl (C=O) groups excluding carboxylic acids is 1. The van der Waals surface area contributed by atoms with Crippen molar-refractivity contribution in [3.05, 3.63) is 26.6 Å². The number of thiophene rings is 1. The van der Waals surface area contributed by atoms with Crippen LogP contribution in [0, 0.1) is 6.92 Å². The van der Waals surface area contributed by atoms with E-state index in [0.717, 1.165) is 0 Å². The van der Waals surface area contributed by atoms with Crippen LogP contribution in [0.5, 0.6) is 0 Å². The van der Waals surface area contributed by atoms with E-state index >= 15 is 0 Å². The van der Waals surface area contributed by atoms with E-state index in [1.807, 2.05) is 19.0 Å². The highest BCUT2D eigenvalue weighted by molar-refractivity contribution is 7.20. The van der Waals surface area contributed by atoms with E-state index in [1.54, 1.807) is 11.8 Å². The van der Waals surface area contributed by atoms with Crippen molar-refractivity contribution in [3.8, 4) is 0 Å². The summed E-state index contributed by atoms with van der Waals surface area (Å²) in [5.41, 5.74) is 0.495. The molecule has 3 heterocycles. The zero-order chi connectivity index (χ0) is 17.4. The summed E-state index contributed by atoms with van der Waals surface area (Å²) >= 11 is 1.28. The number of amides is 1. The average Bonchev–Trinajstić information content (AvgIpc) is 2.84. The first-order valence-corrected chi connectivity index (χ1v) is 8.83. The quantitative estimate of drug-likeness (QED) is 0.860. The lowest BCUT2D eigenvalue weighted by Crippen LogP contribution is -2.39. The number of nitrogens with one attached hydrogen (secondary N) is 1. The molecule has 0 spiro atoms. The van der Waals surface area contributed by atoms with Crippen LogP contribution in [0.2, 0.25) is 0 Å². The Labute approximate surface area is 143 Å². The average molecular weight is 350 g/mol. The van der Waals surface area contributed by atoms with Gasteiger partial charge < -0.3 is 19.9 Å². The molecule has 8 heteroatoms. The number of aliphatic hydroxyl groups is 1. The summed E-state index contributed by atoms with van der Waals surface area (Å²) in [5, 5.41) is 10.1. The Hall–Kier alpha value is -1.77. The van der Waals surface area contributed by atoms with Crippen LogP contribution in [-0.4, -0.2) is 64.1 Å². The monoisotopic (exact) mass is 350 g/mol. The van der Waals surface area contributed by atoms with Gasteiger partial charge in [-0.15, -0.1) is 11.3 Å². The van der Waals surface area contributed by atoms with Gasteiger partial charge >= 0.3 is 0 Å². The van der Waals surface area contributed by atoms with Crippen LogP contribution < -0.4 is 5.56 Å². The number of likely N-dealkylation sites (tertiary alicyclic amines) is 1. The maximum Gasteiger partial charge on any atom is 0.264 e. The van der Waals surface area contributed by atoms with Gasteiger partial charge in [-0.1, -0.05) is 0 Å². The molecule has 0 unspecified atom stereocenters. The standard InChI is InChI=1S/C16H22N4O3S/c1-9-12-14(22)17-11(8-19(2)3)18-15(12)24-13(9)16(23)20-6-4-10(21)5-7-20/h10,21H,4-8H2,1-3H3,(H,17,18,22). The van der Waals surface area contributed by atoms with Gasteiger partial charge in [0.1, 0.15) is 10.7 Å². The van der Waals surface area contributed by atoms with E-state index < -0.39 is 0 Å². The van der Waals surface area contributed by atoms with E-state index in [9.17, 15) is 14.7 Å². The van der Waals surface area contributed by atoms with Crippen molar-refractivity contribution in [1.82, 2.24) is 19.8 Å². The molecule has 1 fully saturated rings. The van der Waals surface area contributed by atoms with Crippen molar-refractivity contribution < 1.29 is 9.90 Å². The summed E-state index contributed by atoms with van der Waals surface area (Å²) in [5.74, 6) is 0.523. The van der Waals surface area contributed by atoms with Crippen LogP contribution in [0.4, 0.5) is 0 Å².